The Morgan fingerprint density at radius 3 is 1.85 bits per heavy atom. The van der Waals surface area contributed by atoms with E-state index in [9.17, 15) is 4.79 Å². The molecule has 0 radical (unpaired) electrons. The second-order valence-corrected chi connectivity index (χ2v) is 12.0. The molecule has 1 N–H and O–H groups in total. The van der Waals surface area contributed by atoms with Crippen LogP contribution in [0.4, 0.5) is 4.79 Å². The molecule has 214 valence electrons. The molecule has 0 aliphatic heterocycles. The molecule has 5 rings (SSSR count). The maximum Gasteiger partial charge on any atom is 0.407 e. The van der Waals surface area contributed by atoms with Crippen LogP contribution in [0.15, 0.2) is 77.2 Å². The standard InChI is InChI=1S/C33H37N3O5/c1-21-35-36-30(38-21)22-7-13-26(14-8-22)39-27-15-9-23(10-16-27)33(5,6)24-11-17-28(18-12-24)40-29-19-25(20-29)34-31(37)41-32(2,3)4/h7-18,25,29H,19-20H2,1-6H3,(H,34,37). The van der Waals surface area contributed by atoms with E-state index in [-0.39, 0.29) is 23.7 Å². The molecule has 1 aliphatic carbocycles. The third-order valence-corrected chi connectivity index (χ3v) is 7.13. The number of carbonyl (C=O) groups is 1. The number of hydrogen-bond acceptors (Lipinski definition) is 7. The monoisotopic (exact) mass is 555 g/mol. The molecule has 0 saturated heterocycles. The largest absolute Gasteiger partial charge is 0.490 e. The van der Waals surface area contributed by atoms with Gasteiger partial charge in [0.15, 0.2) is 0 Å². The second-order valence-electron chi connectivity index (χ2n) is 12.0. The number of aryl methyl sites for hydroxylation is 1. The van der Waals surface area contributed by atoms with Crippen molar-refractivity contribution >= 4 is 6.09 Å². The molecule has 1 amide bonds. The summed E-state index contributed by atoms with van der Waals surface area (Å²) in [6, 6.07) is 24.1. The Morgan fingerprint density at radius 1 is 0.805 bits per heavy atom. The Morgan fingerprint density at radius 2 is 1.34 bits per heavy atom. The highest BCUT2D eigenvalue weighted by Gasteiger charge is 2.33. The molecular formula is C33H37N3O5. The quantitative estimate of drug-likeness (QED) is 0.239. The minimum absolute atomic E-state index is 0.0836. The summed E-state index contributed by atoms with van der Waals surface area (Å²) in [5, 5.41) is 10.8. The summed E-state index contributed by atoms with van der Waals surface area (Å²) in [6.45, 7) is 11.7. The first kappa shape index (κ1) is 28.2. The number of ether oxygens (including phenoxy) is 3. The normalized spacial score (nSPS) is 16.9. The Hall–Kier alpha value is -4.33. The molecule has 41 heavy (non-hydrogen) atoms. The van der Waals surface area contributed by atoms with Gasteiger partial charge in [0.05, 0.1) is 0 Å². The van der Waals surface area contributed by atoms with E-state index in [4.69, 9.17) is 18.6 Å². The van der Waals surface area contributed by atoms with Crippen LogP contribution in [0.2, 0.25) is 0 Å². The highest BCUT2D eigenvalue weighted by Crippen LogP contribution is 2.35. The third kappa shape index (κ3) is 7.06. The lowest BCUT2D eigenvalue weighted by Gasteiger charge is -2.36. The lowest BCUT2D eigenvalue weighted by Crippen LogP contribution is -2.50. The number of carbonyl (C=O) groups excluding carboxylic acids is 1. The van der Waals surface area contributed by atoms with E-state index < -0.39 is 5.60 Å². The SMILES string of the molecule is Cc1nnc(-c2ccc(Oc3ccc(C(C)(C)c4ccc(OC5CC(NC(=O)OC(C)(C)C)C5)cc4)cc3)cc2)o1. The minimum atomic E-state index is -0.500. The van der Waals surface area contributed by atoms with Crippen LogP contribution in [0.3, 0.4) is 0 Å². The van der Waals surface area contributed by atoms with Gasteiger partial charge in [-0.15, -0.1) is 10.2 Å². The summed E-state index contributed by atoms with van der Waals surface area (Å²) in [5.74, 6) is 3.34. The summed E-state index contributed by atoms with van der Waals surface area (Å²) < 4.78 is 23.0. The molecular weight excluding hydrogens is 518 g/mol. The molecule has 1 saturated carbocycles. The van der Waals surface area contributed by atoms with Gasteiger partial charge in [-0.3, -0.25) is 0 Å². The van der Waals surface area contributed by atoms with Gasteiger partial charge in [-0.2, -0.15) is 0 Å². The first-order chi connectivity index (χ1) is 19.4. The number of aromatic nitrogens is 2. The van der Waals surface area contributed by atoms with E-state index in [1.54, 1.807) is 6.92 Å². The average Bonchev–Trinajstić information content (AvgIpc) is 3.33. The fourth-order valence-electron chi connectivity index (χ4n) is 4.72. The van der Waals surface area contributed by atoms with Crippen LogP contribution in [0.25, 0.3) is 11.5 Å². The summed E-state index contributed by atoms with van der Waals surface area (Å²) in [7, 11) is 0. The van der Waals surface area contributed by atoms with E-state index in [0.717, 1.165) is 35.7 Å². The van der Waals surface area contributed by atoms with Gasteiger partial charge < -0.3 is 23.9 Å². The molecule has 4 aromatic rings. The number of alkyl carbamates (subject to hydrolysis) is 1. The maximum atomic E-state index is 11.9. The fourth-order valence-corrected chi connectivity index (χ4v) is 4.72. The van der Waals surface area contributed by atoms with Gasteiger partial charge in [-0.25, -0.2) is 4.79 Å². The average molecular weight is 556 g/mol. The minimum Gasteiger partial charge on any atom is -0.490 e. The van der Waals surface area contributed by atoms with Crippen molar-refractivity contribution in [2.24, 2.45) is 0 Å². The number of rotatable bonds is 8. The molecule has 8 nitrogen and oxygen atoms in total. The number of nitrogens with zero attached hydrogens (tertiary/aromatic N) is 2. The molecule has 0 atom stereocenters. The molecule has 0 spiro atoms. The summed E-state index contributed by atoms with van der Waals surface area (Å²) >= 11 is 0. The van der Waals surface area contributed by atoms with Gasteiger partial charge in [0.2, 0.25) is 11.8 Å². The molecule has 3 aromatic carbocycles. The lowest BCUT2D eigenvalue weighted by molar-refractivity contribution is 0.0363. The first-order valence-electron chi connectivity index (χ1n) is 13.9. The van der Waals surface area contributed by atoms with Crippen molar-refractivity contribution in [3.63, 3.8) is 0 Å². The smallest absolute Gasteiger partial charge is 0.407 e. The Balaban J connectivity index is 1.13. The van der Waals surface area contributed by atoms with Crippen LogP contribution in [-0.2, 0) is 10.2 Å². The Labute approximate surface area is 241 Å². The van der Waals surface area contributed by atoms with Crippen molar-refractivity contribution < 1.29 is 23.4 Å². The zero-order chi connectivity index (χ0) is 29.2. The molecule has 0 unspecified atom stereocenters. The Bertz CT molecular complexity index is 1460. The molecule has 8 heteroatoms. The van der Waals surface area contributed by atoms with Gasteiger partial charge >= 0.3 is 6.09 Å². The van der Waals surface area contributed by atoms with E-state index in [1.807, 2.05) is 69.3 Å². The zero-order valence-corrected chi connectivity index (χ0v) is 24.4. The van der Waals surface area contributed by atoms with Crippen LogP contribution in [0.1, 0.15) is 64.5 Å². The van der Waals surface area contributed by atoms with Crippen LogP contribution in [-0.4, -0.2) is 34.0 Å². The fraction of sp³-hybridized carbons (Fsp3) is 0.364. The number of hydrogen-bond donors (Lipinski definition) is 1. The number of nitrogens with one attached hydrogen (secondary N) is 1. The number of amides is 1. The van der Waals surface area contributed by atoms with E-state index in [1.165, 1.54) is 11.1 Å². The summed E-state index contributed by atoms with van der Waals surface area (Å²) in [4.78, 5) is 11.9. The molecule has 1 fully saturated rings. The molecule has 0 bridgehead atoms. The van der Waals surface area contributed by atoms with E-state index in [0.29, 0.717) is 11.8 Å². The van der Waals surface area contributed by atoms with Crippen LogP contribution < -0.4 is 14.8 Å². The summed E-state index contributed by atoms with van der Waals surface area (Å²) in [6.07, 6.45) is 1.24. The highest BCUT2D eigenvalue weighted by atomic mass is 16.6. The van der Waals surface area contributed by atoms with Gasteiger partial charge in [0.1, 0.15) is 29.0 Å². The lowest BCUT2D eigenvalue weighted by atomic mass is 9.78. The van der Waals surface area contributed by atoms with Crippen molar-refractivity contribution in [1.82, 2.24) is 15.5 Å². The predicted molar refractivity (Wildman–Crippen MR) is 156 cm³/mol. The van der Waals surface area contributed by atoms with Gasteiger partial charge in [-0.1, -0.05) is 38.1 Å². The molecule has 1 aromatic heterocycles. The van der Waals surface area contributed by atoms with Crippen molar-refractivity contribution in [3.05, 3.63) is 89.8 Å². The predicted octanol–water partition coefficient (Wildman–Crippen LogP) is 7.60. The van der Waals surface area contributed by atoms with Crippen molar-refractivity contribution in [2.45, 2.75) is 77.5 Å². The molecule has 1 heterocycles. The van der Waals surface area contributed by atoms with Crippen molar-refractivity contribution in [3.8, 4) is 28.7 Å². The van der Waals surface area contributed by atoms with Crippen LogP contribution in [0, 0.1) is 6.92 Å². The van der Waals surface area contributed by atoms with Crippen LogP contribution >= 0.6 is 0 Å². The first-order valence-corrected chi connectivity index (χ1v) is 13.9. The van der Waals surface area contributed by atoms with Gasteiger partial charge in [0, 0.05) is 36.8 Å². The topological polar surface area (TPSA) is 95.7 Å². The van der Waals surface area contributed by atoms with E-state index >= 15 is 0 Å². The summed E-state index contributed by atoms with van der Waals surface area (Å²) in [5.41, 5.74) is 2.50. The zero-order valence-electron chi connectivity index (χ0n) is 24.4. The third-order valence-electron chi connectivity index (χ3n) is 7.13. The second kappa shape index (κ2) is 11.3. The van der Waals surface area contributed by atoms with Gasteiger partial charge in [0.25, 0.3) is 0 Å². The maximum absolute atomic E-state index is 11.9. The van der Waals surface area contributed by atoms with E-state index in [2.05, 4.69) is 53.6 Å². The Kier molecular flexibility index (Phi) is 7.76. The molecule has 1 aliphatic rings. The number of benzene rings is 3. The van der Waals surface area contributed by atoms with Gasteiger partial charge in [-0.05, 0) is 80.4 Å². The van der Waals surface area contributed by atoms with Crippen molar-refractivity contribution in [2.75, 3.05) is 0 Å². The van der Waals surface area contributed by atoms with Crippen molar-refractivity contribution in [1.29, 1.82) is 0 Å². The highest BCUT2D eigenvalue weighted by molar-refractivity contribution is 5.68. The van der Waals surface area contributed by atoms with Crippen LogP contribution in [0.5, 0.6) is 17.2 Å².